The number of nitrogens with one attached hydrogen (secondary N) is 1. The van der Waals surface area contributed by atoms with E-state index in [4.69, 9.17) is 0 Å². The number of likely N-dealkylation sites (tertiary alicyclic amines) is 4. The predicted octanol–water partition coefficient (Wildman–Crippen LogP) is 16.9. The molecule has 7 unspecified atom stereocenters. The van der Waals surface area contributed by atoms with Crippen molar-refractivity contribution in [3.8, 4) is 0 Å². The first-order chi connectivity index (χ1) is 56.7. The van der Waals surface area contributed by atoms with Gasteiger partial charge in [-0.25, -0.2) is 0 Å². The zero-order valence-electron chi connectivity index (χ0n) is 85.1. The molecule has 14 aliphatic rings. The number of ketones is 2. The molecule has 122 heavy (non-hydrogen) atoms. The molecule has 7 atom stereocenters. The van der Waals surface area contributed by atoms with E-state index in [0.717, 1.165) is 119 Å². The lowest BCUT2D eigenvalue weighted by atomic mass is 9.66. The number of anilines is 1. The Morgan fingerprint density at radius 1 is 0.459 bits per heavy atom. The van der Waals surface area contributed by atoms with Gasteiger partial charge in [0, 0.05) is 170 Å². The van der Waals surface area contributed by atoms with Crippen molar-refractivity contribution >= 4 is 46.8 Å². The van der Waals surface area contributed by atoms with Crippen LogP contribution in [0.15, 0.2) is 18.3 Å². The van der Waals surface area contributed by atoms with Gasteiger partial charge in [0.25, 0.3) is 0 Å². The van der Waals surface area contributed by atoms with E-state index in [1.807, 2.05) is 108 Å². The Hall–Kier alpha value is -4.40. The highest BCUT2D eigenvalue weighted by Crippen LogP contribution is 2.50. The number of carbonyl (C=O) groups excluding carboxylic acids is 7. The van der Waals surface area contributed by atoms with Crippen molar-refractivity contribution in [2.24, 2.45) is 58.2 Å². The van der Waals surface area contributed by atoms with E-state index in [2.05, 4.69) is 162 Å². The Kier molecular flexibility index (Phi) is 37.6. The van der Waals surface area contributed by atoms with Crippen LogP contribution in [-0.2, 0) is 40.0 Å². The van der Waals surface area contributed by atoms with Crippen LogP contribution in [0.3, 0.4) is 0 Å². The minimum atomic E-state index is 0.0636. The van der Waals surface area contributed by atoms with E-state index >= 15 is 0 Å². The van der Waals surface area contributed by atoms with Crippen LogP contribution < -0.4 is 14.8 Å². The molecule has 19 heteroatoms. The fraction of sp³-hybridized carbons (Fsp3) is 0.883. The van der Waals surface area contributed by atoms with Gasteiger partial charge in [-0.1, -0.05) is 96.9 Å². The highest BCUT2D eigenvalue weighted by molar-refractivity contribution is 5.96. The van der Waals surface area contributed by atoms with Crippen LogP contribution in [0.25, 0.3) is 0 Å². The molecule has 5 amide bonds. The van der Waals surface area contributed by atoms with Crippen molar-refractivity contribution in [3.63, 3.8) is 0 Å². The number of amides is 5. The van der Waals surface area contributed by atoms with Crippen molar-refractivity contribution in [2.45, 2.75) is 401 Å². The second kappa shape index (κ2) is 43.8. The molecule has 0 aliphatic carbocycles. The summed E-state index contributed by atoms with van der Waals surface area (Å²) in [6.45, 7) is 78.3. The van der Waals surface area contributed by atoms with Crippen molar-refractivity contribution in [2.75, 3.05) is 138 Å². The van der Waals surface area contributed by atoms with E-state index < -0.39 is 0 Å². The van der Waals surface area contributed by atoms with Crippen molar-refractivity contribution < 1.29 is 65.0 Å². The molecule has 13 fully saturated rings. The van der Waals surface area contributed by atoms with Gasteiger partial charge < -0.3 is 51.8 Å². The van der Waals surface area contributed by atoms with Crippen LogP contribution in [0.2, 0.25) is 0 Å². The minimum Gasteiger partial charge on any atom is -0.350 e. The number of quaternary nitrogens is 6. The van der Waals surface area contributed by atoms with Gasteiger partial charge in [0.1, 0.15) is 35.4 Å². The molecule has 19 nitrogen and oxygen atoms in total. The SMILES string of the molecule is CC(C)C(=O)CC12CC[N+](C(C)C)(CC1)CC2.CC(C)C(=O)CC1CC2CCC(C1)[N+]2(C)C(C)C.CC(C)C(=O)N1CC2CCC(C1)[N+]2(C)C(C)C.CC(C)C(=O)N1CC2CCC1C[N+]2(C)C(C)C.CC(C)C(=O)N1CCC2(CC1)CC[N+](C)(C(C)C)CC2.CC(C)C(=O)N1CCc2c1ccc[n+]2C(C)C.CC(C)C(=O)NCC[N+]1(C(C)C)CCCC1. The lowest BCUT2D eigenvalue weighted by molar-refractivity contribution is -0.968. The monoisotopic (exact) mass is 1710 g/mol. The van der Waals surface area contributed by atoms with Gasteiger partial charge in [-0.05, 0) is 139 Å². The van der Waals surface area contributed by atoms with Crippen LogP contribution in [0.5, 0.6) is 0 Å². The largest absolute Gasteiger partial charge is 0.350 e. The molecular formula is C103H193N12O7+7. The lowest BCUT2D eigenvalue weighted by Gasteiger charge is -2.58. The summed E-state index contributed by atoms with van der Waals surface area (Å²) in [6.07, 6.45) is 26.9. The summed E-state index contributed by atoms with van der Waals surface area (Å²) in [5.41, 5.74) is 3.31. The molecule has 0 radical (unpaired) electrons. The molecule has 15 rings (SSSR count). The van der Waals surface area contributed by atoms with E-state index in [1.165, 1.54) is 183 Å². The van der Waals surface area contributed by atoms with Gasteiger partial charge in [-0.2, -0.15) is 4.57 Å². The third-order valence-electron chi connectivity index (χ3n) is 35.1. The molecule has 0 aromatic carbocycles. The molecule has 14 aliphatic heterocycles. The zero-order chi connectivity index (χ0) is 91.5. The summed E-state index contributed by atoms with van der Waals surface area (Å²) < 4.78 is 9.62. The predicted molar refractivity (Wildman–Crippen MR) is 504 cm³/mol. The van der Waals surface area contributed by atoms with Gasteiger partial charge in [0.05, 0.1) is 174 Å². The average Bonchev–Trinajstić information content (AvgIpc) is 1.50. The quantitative estimate of drug-likeness (QED) is 0.0951. The van der Waals surface area contributed by atoms with Gasteiger partial charge >= 0.3 is 0 Å². The molecule has 700 valence electrons. The highest BCUT2D eigenvalue weighted by Gasteiger charge is 2.57. The second-order valence-corrected chi connectivity index (χ2v) is 46.5. The number of fused-ring (bicyclic) bond motifs is 11. The summed E-state index contributed by atoms with van der Waals surface area (Å²) in [5.74, 6) is 4.12. The van der Waals surface area contributed by atoms with Crippen LogP contribution in [-0.4, -0.2) is 288 Å². The third kappa shape index (κ3) is 24.6. The molecular weight excluding hydrogens is 1520 g/mol. The third-order valence-corrected chi connectivity index (χ3v) is 35.1. The number of pyridine rings is 1. The van der Waals surface area contributed by atoms with Gasteiger partial charge in [0.2, 0.25) is 35.2 Å². The van der Waals surface area contributed by atoms with E-state index in [-0.39, 0.29) is 53.2 Å². The maximum atomic E-state index is 12.2. The second-order valence-electron chi connectivity index (χ2n) is 46.5. The summed E-state index contributed by atoms with van der Waals surface area (Å²) in [6, 6.07) is 12.9. The summed E-state index contributed by atoms with van der Waals surface area (Å²) >= 11 is 0. The smallest absolute Gasteiger partial charge is 0.229 e. The number of aromatic nitrogens is 1. The summed E-state index contributed by atoms with van der Waals surface area (Å²) in [5, 5.41) is 3.03. The Labute approximate surface area is 748 Å². The van der Waals surface area contributed by atoms with Crippen LogP contribution in [0.1, 0.15) is 328 Å². The number of rotatable bonds is 21. The Bertz CT molecular complexity index is 3480. The first-order valence-electron chi connectivity index (χ1n) is 50.4. The Balaban J connectivity index is 0.000000196. The molecule has 15 heterocycles. The molecule has 1 aromatic rings. The number of piperidine rings is 8. The molecule has 1 spiro atoms. The van der Waals surface area contributed by atoms with Crippen LogP contribution >= 0.6 is 0 Å². The van der Waals surface area contributed by atoms with Crippen LogP contribution in [0.4, 0.5) is 5.69 Å². The minimum absolute atomic E-state index is 0.0636. The van der Waals surface area contributed by atoms with Gasteiger partial charge in [-0.3, -0.25) is 33.6 Å². The van der Waals surface area contributed by atoms with E-state index in [1.54, 1.807) is 0 Å². The number of carbonyl (C=O) groups is 7. The molecule has 8 bridgehead atoms. The first kappa shape index (κ1) is 105. The number of Topliss-reactive ketones (excluding diaryl/α,β-unsaturated/α-hetero) is 2. The van der Waals surface area contributed by atoms with Gasteiger partial charge in [-0.15, -0.1) is 0 Å². The number of hydrogen-bond acceptors (Lipinski definition) is 7. The fourth-order valence-corrected chi connectivity index (χ4v) is 24.1. The maximum absolute atomic E-state index is 12.2. The number of piperazine rings is 2. The normalized spacial score (nSPS) is 30.0. The Morgan fingerprint density at radius 2 is 0.934 bits per heavy atom. The molecule has 0 saturated carbocycles. The van der Waals surface area contributed by atoms with E-state index in [0.29, 0.717) is 94.4 Å². The number of likely N-dealkylation sites (N-methyl/N-ethyl adjacent to an activating group) is 2. The molecule has 1 aromatic heterocycles. The fourth-order valence-electron chi connectivity index (χ4n) is 24.1. The van der Waals surface area contributed by atoms with E-state index in [9.17, 15) is 33.6 Å². The standard InChI is InChI=1S/C17H33N2O.C16H30NO.C15H28NO.2C14H27N2O.C14H21N2O.C13H26N2O/c1-14(2)16(20)18-10-6-17(7-11-18)8-12-19(5,13-9-17)15(3)4;1-11(2)16(18)10-13-8-14-6-7-15(9-13)17(14,5)12(3)4;1-12(2)14(17)11-15-5-8-16(9-6-15,10-7-15)13(3)4;1-10(2)14(17)15-8-13-7-6-12(15)9-16(13,5)11(3)4;1-10(2)14(17)15-8-12-6-7-13(9-15)16(12,5)11(3)4;1-10(2)14(17)16-9-7-13-12(16)6-5-8-15(13)11(3)4;1-11(2)13(16)14-7-10-15(12(3)4)8-5-6-9-15/h14-15H,6-13H2,1-5H3;11-15H,6-10H2,1-5H3;12-13H,5-11H2,1-4H3;2*10-13H,6-9H2,1-5H3;5-6,8,10-11H,7,9H2,1-4H3;11-12H,5-10H2,1-4H3/q6*+1;/p+1. The van der Waals surface area contributed by atoms with Crippen LogP contribution in [0, 0.1) is 58.2 Å². The first-order valence-corrected chi connectivity index (χ1v) is 50.4. The number of hydrogen-bond donors (Lipinski definition) is 1. The maximum Gasteiger partial charge on any atom is 0.229 e. The van der Waals surface area contributed by atoms with Gasteiger partial charge in [0.15, 0.2) is 12.2 Å². The topological polar surface area (TPSA) is 148 Å². The van der Waals surface area contributed by atoms with Crippen molar-refractivity contribution in [1.29, 1.82) is 0 Å². The number of nitrogens with zero attached hydrogens (tertiary/aromatic N) is 11. The zero-order valence-corrected chi connectivity index (χ0v) is 85.1. The molecule has 1 N–H and O–H groups in total. The lowest BCUT2D eigenvalue weighted by Crippen LogP contribution is -2.73. The average molecular weight is 1710 g/mol. The summed E-state index contributed by atoms with van der Waals surface area (Å²) in [7, 11) is 9.63. The van der Waals surface area contributed by atoms with Crippen molar-refractivity contribution in [3.05, 3.63) is 24.0 Å². The van der Waals surface area contributed by atoms with Crippen molar-refractivity contribution in [1.82, 2.24) is 20.0 Å². The highest BCUT2D eigenvalue weighted by atomic mass is 16.2. The summed E-state index contributed by atoms with van der Waals surface area (Å²) in [4.78, 5) is 92.2. The Morgan fingerprint density at radius 3 is 1.35 bits per heavy atom. The molecule has 13 saturated heterocycles.